The normalized spacial score (nSPS) is 18.4. The molecule has 0 aliphatic rings. The molecular weight excluding hydrogens is 743 g/mol. The molecule has 0 aliphatic heterocycles. The Bertz CT molecular complexity index is 306. The van der Waals surface area contributed by atoms with Crippen LogP contribution >= 0.6 is 193 Å². The van der Waals surface area contributed by atoms with Gasteiger partial charge in [-0.25, -0.2) is 0 Å². The maximum Gasteiger partial charge on any atom is 0.0690 e. The van der Waals surface area contributed by atoms with E-state index < -0.39 is 7.90 Å². The van der Waals surface area contributed by atoms with Crippen molar-refractivity contribution < 1.29 is 0 Å². The highest BCUT2D eigenvalue weighted by molar-refractivity contribution is 9.34. The van der Waals surface area contributed by atoms with Gasteiger partial charge in [0.2, 0.25) is 0 Å². The van der Waals surface area contributed by atoms with Crippen LogP contribution in [-0.4, -0.2) is 1.28 Å². The lowest BCUT2D eigenvalue weighted by molar-refractivity contribution is 4.51. The molecule has 0 aromatic heterocycles. The molecule has 146 valence electrons. The molecule has 0 rings (SSSR count). The van der Waals surface area contributed by atoms with Crippen LogP contribution in [0.25, 0.3) is 0 Å². The topological polar surface area (TPSA) is 0 Å². The van der Waals surface area contributed by atoms with Crippen molar-refractivity contribution in [3.05, 3.63) is 0 Å². The number of hydrogen-bond acceptors (Lipinski definition) is 0. The minimum atomic E-state index is -0.617. The molecule has 0 bridgehead atoms. The van der Waals surface area contributed by atoms with Crippen LogP contribution in [0.5, 0.6) is 0 Å². The molecule has 24 heteroatoms. The van der Waals surface area contributed by atoms with Crippen LogP contribution in [0, 0.1) is 0 Å². The third-order valence-corrected chi connectivity index (χ3v) is 149. The Balaban J connectivity index is 6.16. The average Bonchev–Trinajstić information content (AvgIpc) is 2.44. The standard InChI is InChI=1S/H26P24/c1-13-20(12)21(15(2)3)14-22(23(16(4)5)17(6)7)24(18(8)9)19(10)11/h13-14H,1-12H2/i14T. The Morgan fingerprint density at radius 3 is 1.08 bits per heavy atom. The largest absolute Gasteiger partial charge is 0.109 e. The molecule has 0 saturated carbocycles. The van der Waals surface area contributed by atoms with Crippen molar-refractivity contribution >= 4 is 193 Å². The van der Waals surface area contributed by atoms with Gasteiger partial charge in [0.05, 0.1) is 1.28 Å². The van der Waals surface area contributed by atoms with Gasteiger partial charge in [-0.1, -0.05) is 7.96 Å². The molecule has 16 atom stereocenters. The van der Waals surface area contributed by atoms with Crippen LogP contribution in [0.4, 0.5) is 0 Å². The molecule has 0 spiro atoms. The van der Waals surface area contributed by atoms with Crippen LogP contribution in [0.3, 0.4) is 0 Å². The van der Waals surface area contributed by atoms with Gasteiger partial charge in [-0.05, 0) is 77.8 Å². The van der Waals surface area contributed by atoms with E-state index in [1.165, 1.54) is 0 Å². The SMILES string of the molecule is [3H]P(P(P(P)P)P(P)PP)P(P(P(P)P)P(P)P)P(P(P)P)P(P)P. The Hall–Kier alpha value is 10.3. The second-order valence-corrected chi connectivity index (χ2v) is 95.5. The molecule has 24 heavy (non-hydrogen) atoms. The van der Waals surface area contributed by atoms with E-state index in [1.54, 1.807) is 0 Å². The van der Waals surface area contributed by atoms with Crippen molar-refractivity contribution in [3.8, 4) is 0 Å². The lowest BCUT2D eigenvalue weighted by Crippen LogP contribution is -1.55. The summed E-state index contributed by atoms with van der Waals surface area (Å²) < 4.78 is 9.59. The molecule has 16 unspecified atom stereocenters. The molecule has 0 aliphatic carbocycles. The Morgan fingerprint density at radius 2 is 0.875 bits per heavy atom. The minimum Gasteiger partial charge on any atom is -0.109 e. The van der Waals surface area contributed by atoms with E-state index in [0.29, 0.717) is 0 Å². The molecule has 0 N–H and O–H groups in total. The van der Waals surface area contributed by atoms with Crippen LogP contribution in [0.1, 0.15) is 0 Å². The lowest BCUT2D eigenvalue weighted by Gasteiger charge is -2.44. The first kappa shape index (κ1) is 32.3. The Labute approximate surface area is 192 Å². The Morgan fingerprint density at radius 1 is 0.542 bits per heavy atom. The van der Waals surface area contributed by atoms with E-state index in [4.69, 9.17) is 0 Å². The van der Waals surface area contributed by atoms with Crippen molar-refractivity contribution in [3.63, 3.8) is 0 Å². The molecule has 0 nitrogen and oxygen atoms in total. The smallest absolute Gasteiger partial charge is 0.0690 e. The zero-order valence-corrected chi connectivity index (χ0v) is 37.0. The summed E-state index contributed by atoms with van der Waals surface area (Å²) in [6.45, 7) is -1.18. The summed E-state index contributed by atoms with van der Waals surface area (Å²) in [4.78, 5) is 0. The highest BCUT2D eigenvalue weighted by atomic mass is 33.4. The highest BCUT2D eigenvalue weighted by Crippen LogP contribution is 3.29. The summed E-state index contributed by atoms with van der Waals surface area (Å²) in [5.74, 6) is 0. The number of hydrogen-bond donors (Lipinski definition) is 0. The van der Waals surface area contributed by atoms with Crippen LogP contribution in [0.15, 0.2) is 0 Å². The fourth-order valence-corrected chi connectivity index (χ4v) is 261. The van der Waals surface area contributed by atoms with Crippen molar-refractivity contribution in [1.29, 1.82) is 1.28 Å². The van der Waals surface area contributed by atoms with Crippen LogP contribution in [-0.2, 0) is 0 Å². The zero-order chi connectivity index (χ0) is 20.1. The molecule has 0 heterocycles. The van der Waals surface area contributed by atoms with Crippen molar-refractivity contribution in [1.82, 2.24) is 0 Å². The predicted octanol–water partition coefficient (Wildman–Crippen LogP) is 13.7. The third kappa shape index (κ3) is 13.6. The second-order valence-electron chi connectivity index (χ2n) is 3.54. The summed E-state index contributed by atoms with van der Waals surface area (Å²) in [6, 6.07) is 0. The van der Waals surface area contributed by atoms with Gasteiger partial charge in [-0.2, -0.15) is 0 Å². The van der Waals surface area contributed by atoms with E-state index in [1.807, 2.05) is 0 Å². The Kier molecular flexibility index (Phi) is 26.2. The quantitative estimate of drug-likeness (QED) is 0.184. The van der Waals surface area contributed by atoms with E-state index in [-0.39, 0.29) is 69.9 Å². The summed E-state index contributed by atoms with van der Waals surface area (Å²) in [5.41, 5.74) is 0. The van der Waals surface area contributed by atoms with E-state index in [2.05, 4.69) is 107 Å². The average molecular weight is 772 g/mol. The molecule has 0 aromatic carbocycles. The molecule has 0 aromatic rings. The summed E-state index contributed by atoms with van der Waals surface area (Å²) in [6.07, 6.45) is 0. The van der Waals surface area contributed by atoms with Crippen LogP contribution in [0.2, 0.25) is 0 Å². The van der Waals surface area contributed by atoms with Crippen molar-refractivity contribution in [2.24, 2.45) is 0 Å². The lowest BCUT2D eigenvalue weighted by atomic mass is 28.6. The molecule has 0 fully saturated rings. The first-order valence-corrected chi connectivity index (χ1v) is 48.2. The summed E-state index contributed by atoms with van der Waals surface area (Å²) in [5, 5.41) is 0. The van der Waals surface area contributed by atoms with E-state index in [9.17, 15) is 1.28 Å². The first-order valence-electron chi connectivity index (χ1n) is 5.80. The van der Waals surface area contributed by atoms with Gasteiger partial charge in [0.15, 0.2) is 0 Å². The van der Waals surface area contributed by atoms with E-state index in [0.717, 1.165) is 7.96 Å². The van der Waals surface area contributed by atoms with E-state index >= 15 is 0 Å². The third-order valence-electron chi connectivity index (χ3n) is 1.84. The highest BCUT2D eigenvalue weighted by Gasteiger charge is 2.40. The van der Waals surface area contributed by atoms with Crippen LogP contribution < -0.4 is 0 Å². The van der Waals surface area contributed by atoms with Gasteiger partial charge in [-0.3, -0.25) is 0 Å². The van der Waals surface area contributed by atoms with Crippen molar-refractivity contribution in [2.45, 2.75) is 0 Å². The molecule has 0 radical (unpaired) electrons. The summed E-state index contributed by atoms with van der Waals surface area (Å²) >= 11 is 0. The van der Waals surface area contributed by atoms with Gasteiger partial charge in [0.25, 0.3) is 0 Å². The molecule has 0 saturated heterocycles. The van der Waals surface area contributed by atoms with Gasteiger partial charge in [-0.15, -0.1) is 107 Å². The summed E-state index contributed by atoms with van der Waals surface area (Å²) in [7, 11) is 37.8. The monoisotopic (exact) mass is 772 g/mol. The predicted molar refractivity (Wildman–Crippen MR) is 202 cm³/mol. The number of rotatable bonds is 11. The van der Waals surface area contributed by atoms with Gasteiger partial charge in [0, 0.05) is 0 Å². The molecular formula is H26P24. The fraction of sp³-hybridized carbons (Fsp3) is 0. The van der Waals surface area contributed by atoms with Gasteiger partial charge in [0.1, 0.15) is 0 Å². The minimum absolute atomic E-state index is 0.0677. The van der Waals surface area contributed by atoms with Gasteiger partial charge < -0.3 is 0 Å². The van der Waals surface area contributed by atoms with Gasteiger partial charge >= 0.3 is 0 Å². The maximum atomic E-state index is 9.59. The van der Waals surface area contributed by atoms with Crippen molar-refractivity contribution in [2.75, 3.05) is 0 Å². The zero-order valence-electron chi connectivity index (χ0n) is 13.3. The first-order chi connectivity index (χ1) is 11.4. The maximum absolute atomic E-state index is 9.59. The molecule has 0 amide bonds. The fourth-order valence-electron chi connectivity index (χ4n) is 1.07. The second kappa shape index (κ2) is 19.4.